The minimum absolute atomic E-state index is 0.0562. The van der Waals surface area contributed by atoms with Gasteiger partial charge >= 0.3 is 0 Å². The fourth-order valence-electron chi connectivity index (χ4n) is 2.77. The van der Waals surface area contributed by atoms with Gasteiger partial charge in [0.05, 0.1) is 23.3 Å². The molecule has 2 unspecified atom stereocenters. The van der Waals surface area contributed by atoms with Gasteiger partial charge < -0.3 is 11.5 Å². The Labute approximate surface area is 104 Å². The van der Waals surface area contributed by atoms with E-state index in [0.717, 1.165) is 43.8 Å². The molecule has 4 N–H and O–H groups in total. The number of hydrogen-bond acceptors (Lipinski definition) is 4. The zero-order valence-electron chi connectivity index (χ0n) is 10.8. The highest BCUT2D eigenvalue weighted by atomic mass is 15.0. The molecule has 0 radical (unpaired) electrons. The van der Waals surface area contributed by atoms with Crippen molar-refractivity contribution in [1.29, 1.82) is 0 Å². The van der Waals surface area contributed by atoms with Gasteiger partial charge in [0.15, 0.2) is 0 Å². The van der Waals surface area contributed by atoms with E-state index in [2.05, 4.69) is 16.9 Å². The number of nitrogens with zero attached hydrogens (tertiary/aromatic N) is 2. The number of amidine groups is 2. The molecule has 2 heterocycles. The van der Waals surface area contributed by atoms with E-state index in [4.69, 9.17) is 11.5 Å². The van der Waals surface area contributed by atoms with Crippen molar-refractivity contribution in [1.82, 2.24) is 0 Å². The van der Waals surface area contributed by atoms with Crippen molar-refractivity contribution in [2.45, 2.75) is 69.9 Å². The maximum absolute atomic E-state index is 5.87. The smallest absolute Gasteiger partial charge is 0.0944 e. The molecule has 0 saturated carbocycles. The number of hydrogen-bond donors (Lipinski definition) is 2. The van der Waals surface area contributed by atoms with Gasteiger partial charge in [-0.2, -0.15) is 0 Å². The second kappa shape index (κ2) is 5.07. The third kappa shape index (κ3) is 3.45. The van der Waals surface area contributed by atoms with Crippen LogP contribution in [0.2, 0.25) is 0 Å². The zero-order valence-corrected chi connectivity index (χ0v) is 10.8. The summed E-state index contributed by atoms with van der Waals surface area (Å²) in [4.78, 5) is 9.16. The predicted molar refractivity (Wildman–Crippen MR) is 72.4 cm³/mol. The van der Waals surface area contributed by atoms with E-state index >= 15 is 0 Å². The summed E-state index contributed by atoms with van der Waals surface area (Å²) in [6.07, 6.45) is 8.79. The van der Waals surface area contributed by atoms with Crippen LogP contribution in [0.15, 0.2) is 9.98 Å². The van der Waals surface area contributed by atoms with Crippen LogP contribution in [-0.2, 0) is 0 Å². The Bertz CT molecular complexity index is 334. The van der Waals surface area contributed by atoms with Crippen LogP contribution < -0.4 is 11.5 Å². The maximum atomic E-state index is 5.87. The van der Waals surface area contributed by atoms with E-state index in [1.54, 1.807) is 0 Å². The first-order valence-corrected chi connectivity index (χ1v) is 6.74. The van der Waals surface area contributed by atoms with Gasteiger partial charge in [0.25, 0.3) is 0 Å². The van der Waals surface area contributed by atoms with Gasteiger partial charge in [-0.3, -0.25) is 9.98 Å². The average molecular weight is 236 g/mol. The molecule has 0 aromatic rings. The molecule has 2 rings (SSSR count). The molecule has 0 fully saturated rings. The summed E-state index contributed by atoms with van der Waals surface area (Å²) in [5.41, 5.74) is 11.7. The van der Waals surface area contributed by atoms with Crippen LogP contribution in [0.5, 0.6) is 0 Å². The summed E-state index contributed by atoms with van der Waals surface area (Å²) >= 11 is 0. The van der Waals surface area contributed by atoms with Crippen LogP contribution in [0.25, 0.3) is 0 Å². The van der Waals surface area contributed by atoms with Crippen molar-refractivity contribution in [3.63, 3.8) is 0 Å². The monoisotopic (exact) mass is 236 g/mol. The quantitative estimate of drug-likeness (QED) is 0.786. The van der Waals surface area contributed by atoms with Crippen LogP contribution >= 0.6 is 0 Å². The molecule has 2 atom stereocenters. The molecule has 96 valence electrons. The number of nitrogens with two attached hydrogens (primary N) is 2. The summed E-state index contributed by atoms with van der Waals surface area (Å²) in [5, 5.41) is 0. The fraction of sp³-hybridized carbons (Fsp3) is 0.846. The van der Waals surface area contributed by atoms with Crippen molar-refractivity contribution < 1.29 is 0 Å². The molecule has 0 aromatic carbocycles. The molecule has 0 aromatic heterocycles. The molecule has 0 spiro atoms. The molecule has 2 aliphatic heterocycles. The van der Waals surface area contributed by atoms with E-state index < -0.39 is 0 Å². The Hall–Kier alpha value is -1.06. The Morgan fingerprint density at radius 3 is 2.76 bits per heavy atom. The van der Waals surface area contributed by atoms with Crippen LogP contribution in [0, 0.1) is 0 Å². The lowest BCUT2D eigenvalue weighted by Crippen LogP contribution is -2.22. The van der Waals surface area contributed by atoms with Gasteiger partial charge in [0.1, 0.15) is 0 Å². The summed E-state index contributed by atoms with van der Waals surface area (Å²) in [6, 6.07) is 0.409. The third-order valence-corrected chi connectivity index (χ3v) is 3.92. The largest absolute Gasteiger partial charge is 0.387 e. The second-order valence-electron chi connectivity index (χ2n) is 5.66. The SMILES string of the molecule is CC1(CCC2CCCCC(N)=N2)CCC(N)=N1. The van der Waals surface area contributed by atoms with Gasteiger partial charge in [-0.05, 0) is 39.0 Å². The molecular formula is C13H24N4. The highest BCUT2D eigenvalue weighted by Crippen LogP contribution is 2.31. The lowest BCUT2D eigenvalue weighted by atomic mass is 9.90. The van der Waals surface area contributed by atoms with E-state index in [1.165, 1.54) is 19.3 Å². The van der Waals surface area contributed by atoms with Crippen LogP contribution in [0.1, 0.15) is 58.3 Å². The third-order valence-electron chi connectivity index (χ3n) is 3.92. The molecule has 4 nitrogen and oxygen atoms in total. The molecular weight excluding hydrogens is 212 g/mol. The van der Waals surface area contributed by atoms with Crippen LogP contribution in [0.3, 0.4) is 0 Å². The molecule has 0 saturated heterocycles. The topological polar surface area (TPSA) is 76.8 Å². The number of rotatable bonds is 3. The molecule has 4 heteroatoms. The minimum atomic E-state index is 0.0562. The van der Waals surface area contributed by atoms with E-state index in [1.807, 2.05) is 0 Å². The van der Waals surface area contributed by atoms with Crippen LogP contribution in [0.4, 0.5) is 0 Å². The van der Waals surface area contributed by atoms with Gasteiger partial charge in [0, 0.05) is 12.8 Å². The van der Waals surface area contributed by atoms with Gasteiger partial charge in [0.2, 0.25) is 0 Å². The lowest BCUT2D eigenvalue weighted by molar-refractivity contribution is 0.391. The van der Waals surface area contributed by atoms with E-state index in [9.17, 15) is 0 Å². The zero-order chi connectivity index (χ0) is 12.3. The van der Waals surface area contributed by atoms with Crippen molar-refractivity contribution in [2.75, 3.05) is 0 Å². The van der Waals surface area contributed by atoms with Gasteiger partial charge in [-0.1, -0.05) is 6.42 Å². The normalized spacial score (nSPS) is 34.1. The standard InChI is InChI=1S/C13H24N4/c1-13(9-7-12(15)17-13)8-6-10-4-2-3-5-11(14)16-10/h10H,2-9H2,1H3,(H2,14,16)(H2,15,17). The first kappa shape index (κ1) is 12.4. The summed E-state index contributed by atoms with van der Waals surface area (Å²) < 4.78 is 0. The fourth-order valence-corrected chi connectivity index (χ4v) is 2.77. The Morgan fingerprint density at radius 1 is 1.24 bits per heavy atom. The van der Waals surface area contributed by atoms with E-state index in [0.29, 0.717) is 6.04 Å². The van der Waals surface area contributed by atoms with Crippen LogP contribution in [-0.4, -0.2) is 23.3 Å². The summed E-state index contributed by atoms with van der Waals surface area (Å²) in [5.74, 6) is 1.66. The van der Waals surface area contributed by atoms with Crippen molar-refractivity contribution in [3.8, 4) is 0 Å². The molecule has 0 bridgehead atoms. The van der Waals surface area contributed by atoms with Crippen molar-refractivity contribution >= 4 is 11.7 Å². The Balaban J connectivity index is 1.87. The second-order valence-corrected chi connectivity index (χ2v) is 5.66. The first-order chi connectivity index (χ1) is 8.07. The molecule has 0 aliphatic carbocycles. The predicted octanol–water partition coefficient (Wildman–Crippen LogP) is 1.98. The van der Waals surface area contributed by atoms with Gasteiger partial charge in [-0.25, -0.2) is 0 Å². The highest BCUT2D eigenvalue weighted by Gasteiger charge is 2.29. The molecule has 2 aliphatic rings. The minimum Gasteiger partial charge on any atom is -0.387 e. The molecule has 17 heavy (non-hydrogen) atoms. The average Bonchev–Trinajstić information content (AvgIpc) is 2.49. The lowest BCUT2D eigenvalue weighted by Gasteiger charge is -2.22. The Kier molecular flexibility index (Phi) is 3.69. The Morgan fingerprint density at radius 2 is 2.06 bits per heavy atom. The number of aliphatic imine (C=N–C) groups is 2. The van der Waals surface area contributed by atoms with Gasteiger partial charge in [-0.15, -0.1) is 0 Å². The van der Waals surface area contributed by atoms with E-state index in [-0.39, 0.29) is 5.54 Å². The maximum Gasteiger partial charge on any atom is 0.0944 e. The highest BCUT2D eigenvalue weighted by molar-refractivity contribution is 5.82. The molecule has 0 amide bonds. The van der Waals surface area contributed by atoms with Crippen molar-refractivity contribution in [2.24, 2.45) is 21.5 Å². The van der Waals surface area contributed by atoms with Crippen molar-refractivity contribution in [3.05, 3.63) is 0 Å². The first-order valence-electron chi connectivity index (χ1n) is 6.74. The summed E-state index contributed by atoms with van der Waals surface area (Å²) in [7, 11) is 0. The summed E-state index contributed by atoms with van der Waals surface area (Å²) in [6.45, 7) is 2.20.